The van der Waals surface area contributed by atoms with Crippen LogP contribution >= 0.6 is 0 Å². The third-order valence-corrected chi connectivity index (χ3v) is 4.87. The van der Waals surface area contributed by atoms with Gasteiger partial charge in [-0.2, -0.15) is 10.2 Å². The molecule has 0 atom stereocenters. The zero-order chi connectivity index (χ0) is 22.8. The lowest BCUT2D eigenvalue weighted by molar-refractivity contribution is -0.137. The number of H-pyrrole nitrogens is 1. The van der Waals surface area contributed by atoms with Crippen molar-refractivity contribution in [2.45, 2.75) is 6.54 Å². The maximum absolute atomic E-state index is 10.9. The molecule has 0 amide bonds. The molecular weight excluding hydrogens is 422 g/mol. The lowest BCUT2D eigenvalue weighted by Crippen LogP contribution is -2.09. The van der Waals surface area contributed by atoms with Crippen molar-refractivity contribution >= 4 is 34.3 Å². The number of fused-ring (bicyclic) bond motifs is 1. The Bertz CT molecular complexity index is 1430. The van der Waals surface area contributed by atoms with Gasteiger partial charge in [-0.3, -0.25) is 14.6 Å². The van der Waals surface area contributed by atoms with Gasteiger partial charge in [-0.25, -0.2) is 4.98 Å². The van der Waals surface area contributed by atoms with Crippen molar-refractivity contribution < 1.29 is 14.6 Å². The Balaban J connectivity index is 1.46. The van der Waals surface area contributed by atoms with E-state index in [2.05, 4.69) is 20.6 Å². The van der Waals surface area contributed by atoms with Gasteiger partial charge in [-0.1, -0.05) is 18.2 Å². The number of benzene rings is 2. The summed E-state index contributed by atoms with van der Waals surface area (Å²) in [4.78, 5) is 15.6. The molecule has 0 unspecified atom stereocenters. The molecule has 10 nitrogen and oxygen atoms in total. The summed E-state index contributed by atoms with van der Waals surface area (Å²) in [6.45, 7) is -0.228. The molecule has 0 aliphatic heterocycles. The van der Waals surface area contributed by atoms with E-state index in [4.69, 9.17) is 20.6 Å². The molecule has 0 fully saturated rings. The van der Waals surface area contributed by atoms with Gasteiger partial charge in [0.2, 0.25) is 0 Å². The molecule has 0 spiro atoms. The summed E-state index contributed by atoms with van der Waals surface area (Å²) in [6, 6.07) is 20.5. The van der Waals surface area contributed by atoms with Crippen LogP contribution < -0.4 is 15.8 Å². The largest absolute Gasteiger partial charge is 0.480 e. The molecule has 0 saturated carbocycles. The molecule has 33 heavy (non-hydrogen) atoms. The van der Waals surface area contributed by atoms with Gasteiger partial charge in [0, 0.05) is 23.9 Å². The Morgan fingerprint density at radius 1 is 1.06 bits per heavy atom. The number of nitrogen functional groups attached to an aromatic ring is 1. The average molecular weight is 441 g/mol. The van der Waals surface area contributed by atoms with E-state index in [9.17, 15) is 4.79 Å². The highest BCUT2D eigenvalue weighted by Gasteiger charge is 2.15. The molecule has 0 aliphatic rings. The fourth-order valence-corrected chi connectivity index (χ4v) is 3.43. The number of carbonyl (C=O) groups is 1. The SMILES string of the molecule is Nc1n[nH]c2cc(Nc3ccn(CC(=O)O)n3)nc(-c3ccc(Oc4ccccc4)cc3)c12. The lowest BCUT2D eigenvalue weighted by Gasteiger charge is -2.10. The van der Waals surface area contributed by atoms with Gasteiger partial charge in [-0.15, -0.1) is 0 Å². The maximum atomic E-state index is 10.9. The summed E-state index contributed by atoms with van der Waals surface area (Å²) in [5, 5.41) is 24.0. The third kappa shape index (κ3) is 4.30. The van der Waals surface area contributed by atoms with E-state index < -0.39 is 5.97 Å². The minimum Gasteiger partial charge on any atom is -0.480 e. The second-order valence-corrected chi connectivity index (χ2v) is 7.24. The zero-order valence-corrected chi connectivity index (χ0v) is 17.3. The number of aromatic nitrogens is 5. The number of aromatic amines is 1. The molecule has 3 heterocycles. The maximum Gasteiger partial charge on any atom is 0.325 e. The highest BCUT2D eigenvalue weighted by molar-refractivity contribution is 6.01. The molecule has 0 bridgehead atoms. The number of hydrogen-bond acceptors (Lipinski definition) is 7. The Hall–Kier alpha value is -4.86. The molecular formula is C23H19N7O3. The lowest BCUT2D eigenvalue weighted by atomic mass is 10.1. The van der Waals surface area contributed by atoms with Gasteiger partial charge in [0.05, 0.1) is 16.6 Å². The number of nitrogens with zero attached hydrogens (tertiary/aromatic N) is 4. The van der Waals surface area contributed by atoms with Crippen molar-refractivity contribution in [1.82, 2.24) is 25.0 Å². The fourth-order valence-electron chi connectivity index (χ4n) is 3.43. The fraction of sp³-hybridized carbons (Fsp3) is 0.0435. The number of nitrogens with one attached hydrogen (secondary N) is 2. The number of carboxylic acid groups (broad SMARTS) is 1. The van der Waals surface area contributed by atoms with Crippen LogP contribution in [0.4, 0.5) is 17.5 Å². The smallest absolute Gasteiger partial charge is 0.325 e. The number of hydrogen-bond donors (Lipinski definition) is 4. The predicted octanol–water partition coefficient (Wildman–Crippen LogP) is 4.02. The van der Waals surface area contributed by atoms with Crippen molar-refractivity contribution in [3.05, 3.63) is 72.9 Å². The zero-order valence-electron chi connectivity index (χ0n) is 17.3. The summed E-state index contributed by atoms with van der Waals surface area (Å²) >= 11 is 0. The first kappa shape index (κ1) is 20.1. The number of para-hydroxylation sites is 1. The minimum atomic E-state index is -0.973. The van der Waals surface area contributed by atoms with E-state index >= 15 is 0 Å². The number of nitrogens with two attached hydrogens (primary N) is 1. The Morgan fingerprint density at radius 2 is 1.82 bits per heavy atom. The molecule has 0 radical (unpaired) electrons. The summed E-state index contributed by atoms with van der Waals surface area (Å²) in [5.41, 5.74) is 8.27. The van der Waals surface area contributed by atoms with Crippen molar-refractivity contribution in [2.75, 3.05) is 11.1 Å². The van der Waals surface area contributed by atoms with Crippen LogP contribution in [0.15, 0.2) is 72.9 Å². The molecule has 5 rings (SSSR count). The normalized spacial score (nSPS) is 10.9. The van der Waals surface area contributed by atoms with Crippen LogP contribution in [0, 0.1) is 0 Å². The van der Waals surface area contributed by atoms with Crippen LogP contribution in [0.3, 0.4) is 0 Å². The van der Waals surface area contributed by atoms with Crippen LogP contribution in [-0.2, 0) is 11.3 Å². The summed E-state index contributed by atoms with van der Waals surface area (Å²) < 4.78 is 7.19. The molecule has 10 heteroatoms. The molecule has 0 aliphatic carbocycles. The van der Waals surface area contributed by atoms with Crippen LogP contribution in [0.5, 0.6) is 11.5 Å². The van der Waals surface area contributed by atoms with Crippen molar-refractivity contribution in [2.24, 2.45) is 0 Å². The number of pyridine rings is 1. The Kier molecular flexibility index (Phi) is 5.07. The van der Waals surface area contributed by atoms with E-state index in [-0.39, 0.29) is 6.54 Å². The van der Waals surface area contributed by atoms with Crippen molar-refractivity contribution in [1.29, 1.82) is 0 Å². The first-order valence-corrected chi connectivity index (χ1v) is 10.1. The van der Waals surface area contributed by atoms with Gasteiger partial charge in [0.1, 0.15) is 23.9 Å². The molecule has 5 N–H and O–H groups in total. The van der Waals surface area contributed by atoms with Crippen molar-refractivity contribution in [3.8, 4) is 22.8 Å². The number of ether oxygens (including phenoxy) is 1. The van der Waals surface area contributed by atoms with Crippen LogP contribution in [0.2, 0.25) is 0 Å². The highest BCUT2D eigenvalue weighted by atomic mass is 16.5. The van der Waals surface area contributed by atoms with E-state index in [0.717, 1.165) is 11.3 Å². The van der Waals surface area contributed by atoms with E-state index in [1.807, 2.05) is 54.6 Å². The summed E-state index contributed by atoms with van der Waals surface area (Å²) in [7, 11) is 0. The number of anilines is 3. The molecule has 5 aromatic rings. The second kappa shape index (κ2) is 8.35. The monoisotopic (exact) mass is 441 g/mol. The van der Waals surface area contributed by atoms with Crippen LogP contribution in [0.25, 0.3) is 22.2 Å². The van der Waals surface area contributed by atoms with Gasteiger partial charge in [-0.05, 0) is 36.4 Å². The Morgan fingerprint density at radius 3 is 2.58 bits per heavy atom. The van der Waals surface area contributed by atoms with Gasteiger partial charge in [0.25, 0.3) is 0 Å². The molecule has 0 saturated heterocycles. The average Bonchev–Trinajstić information content (AvgIpc) is 3.40. The number of aliphatic carboxylic acids is 1. The summed E-state index contributed by atoms with van der Waals surface area (Å²) in [6.07, 6.45) is 1.58. The van der Waals surface area contributed by atoms with Crippen molar-refractivity contribution in [3.63, 3.8) is 0 Å². The number of carboxylic acids is 1. The predicted molar refractivity (Wildman–Crippen MR) is 123 cm³/mol. The van der Waals surface area contributed by atoms with Crippen LogP contribution in [0.1, 0.15) is 0 Å². The molecule has 2 aromatic carbocycles. The topological polar surface area (TPSA) is 144 Å². The standard InChI is InChI=1S/C23H19N7O3/c24-23-21-17(27-28-23)12-19(25-18-10-11-30(29-18)13-20(31)32)26-22(21)14-6-8-16(9-7-14)33-15-4-2-1-3-5-15/h1-12H,13H2,(H,31,32)(H3,24,27,28)(H,25,26,29). The number of rotatable bonds is 7. The first-order valence-electron chi connectivity index (χ1n) is 10.1. The van der Waals surface area contributed by atoms with E-state index in [0.29, 0.717) is 39.8 Å². The molecule has 3 aromatic heterocycles. The second-order valence-electron chi connectivity index (χ2n) is 7.24. The van der Waals surface area contributed by atoms with E-state index in [1.54, 1.807) is 18.3 Å². The third-order valence-electron chi connectivity index (χ3n) is 4.87. The quantitative estimate of drug-likeness (QED) is 0.296. The minimum absolute atomic E-state index is 0.228. The molecule has 164 valence electrons. The first-order chi connectivity index (χ1) is 16.0. The summed E-state index contributed by atoms with van der Waals surface area (Å²) in [5.74, 6) is 1.78. The van der Waals surface area contributed by atoms with Gasteiger partial charge in [0.15, 0.2) is 11.6 Å². The van der Waals surface area contributed by atoms with Gasteiger partial charge < -0.3 is 20.9 Å². The van der Waals surface area contributed by atoms with E-state index in [1.165, 1.54) is 4.68 Å². The van der Waals surface area contributed by atoms with Crippen LogP contribution in [-0.4, -0.2) is 36.0 Å². The Labute approximate surface area is 187 Å². The van der Waals surface area contributed by atoms with Gasteiger partial charge >= 0.3 is 5.97 Å². The highest BCUT2D eigenvalue weighted by Crippen LogP contribution is 2.33.